The Kier molecular flexibility index (Phi) is 5.59. The molecule has 4 rings (SSSR count). The van der Waals surface area contributed by atoms with Crippen molar-refractivity contribution in [2.45, 2.75) is 32.7 Å². The molecule has 0 aliphatic carbocycles. The van der Waals surface area contributed by atoms with Crippen molar-refractivity contribution in [3.63, 3.8) is 0 Å². The van der Waals surface area contributed by atoms with Gasteiger partial charge in [0.15, 0.2) is 0 Å². The normalized spacial score (nSPS) is 16.0. The first-order valence-electron chi connectivity index (χ1n) is 10.2. The van der Waals surface area contributed by atoms with Gasteiger partial charge in [0.1, 0.15) is 6.61 Å². The molecule has 1 aliphatic heterocycles. The van der Waals surface area contributed by atoms with Gasteiger partial charge in [0, 0.05) is 12.8 Å². The first kappa shape index (κ1) is 20.2. The minimum Gasteiger partial charge on any atom is -0.460 e. The van der Waals surface area contributed by atoms with Crippen molar-refractivity contribution in [3.05, 3.63) is 70.9 Å². The molecule has 0 saturated heterocycles. The van der Waals surface area contributed by atoms with Gasteiger partial charge in [-0.3, -0.25) is 4.57 Å². The van der Waals surface area contributed by atoms with Crippen molar-refractivity contribution in [1.82, 2.24) is 9.55 Å². The number of nitrogens with zero attached hydrogens (tertiary/aromatic N) is 2. The van der Waals surface area contributed by atoms with Gasteiger partial charge in [0.05, 0.1) is 29.3 Å². The second-order valence-electron chi connectivity index (χ2n) is 7.81. The number of hydrogen-bond donors (Lipinski definition) is 1. The van der Waals surface area contributed by atoms with E-state index in [0.717, 1.165) is 28.2 Å². The van der Waals surface area contributed by atoms with E-state index >= 15 is 0 Å². The van der Waals surface area contributed by atoms with Gasteiger partial charge in [-0.15, -0.1) is 0 Å². The van der Waals surface area contributed by atoms with Crippen molar-refractivity contribution >= 4 is 23.0 Å². The summed E-state index contributed by atoms with van der Waals surface area (Å²) in [7, 11) is 1.59. The van der Waals surface area contributed by atoms with Crippen LogP contribution in [0.4, 0.5) is 5.95 Å². The average Bonchev–Trinajstić information content (AvgIpc) is 3.10. The molecular weight excluding hydrogens is 378 g/mol. The van der Waals surface area contributed by atoms with Crippen molar-refractivity contribution in [2.75, 3.05) is 25.6 Å². The van der Waals surface area contributed by atoms with E-state index in [1.807, 2.05) is 31.2 Å². The summed E-state index contributed by atoms with van der Waals surface area (Å²) in [6.45, 7) is 6.81. The molecule has 0 radical (unpaired) electrons. The van der Waals surface area contributed by atoms with Crippen molar-refractivity contribution < 1.29 is 14.3 Å². The minimum atomic E-state index is -0.349. The lowest BCUT2D eigenvalue weighted by Gasteiger charge is -2.30. The summed E-state index contributed by atoms with van der Waals surface area (Å²) in [5.41, 5.74) is 5.45. The highest BCUT2D eigenvalue weighted by molar-refractivity contribution is 5.94. The number of benzene rings is 2. The number of methoxy groups -OCH3 is 1. The Morgan fingerprint density at radius 2 is 1.87 bits per heavy atom. The van der Waals surface area contributed by atoms with Crippen LogP contribution in [0.15, 0.2) is 59.8 Å². The summed E-state index contributed by atoms with van der Waals surface area (Å²) in [5, 5.41) is 3.30. The molecule has 0 unspecified atom stereocenters. The molecule has 0 spiro atoms. The fourth-order valence-corrected chi connectivity index (χ4v) is 3.90. The van der Waals surface area contributed by atoms with Crippen molar-refractivity contribution in [2.24, 2.45) is 0 Å². The third-order valence-electron chi connectivity index (χ3n) is 5.49. The van der Waals surface area contributed by atoms with Crippen LogP contribution in [0.5, 0.6) is 0 Å². The number of imidazole rings is 1. The molecule has 6 heteroatoms. The third kappa shape index (κ3) is 3.59. The number of carbonyl (C=O) groups excluding carboxylic acids is 1. The summed E-state index contributed by atoms with van der Waals surface area (Å²) in [6.07, 6.45) is 0. The molecule has 1 aromatic heterocycles. The van der Waals surface area contributed by atoms with Gasteiger partial charge in [-0.2, -0.15) is 0 Å². The number of rotatable bonds is 6. The number of aromatic nitrogens is 2. The number of fused-ring (bicyclic) bond motifs is 3. The Morgan fingerprint density at radius 1 is 1.13 bits per heavy atom. The topological polar surface area (TPSA) is 65.4 Å². The number of allylic oxidation sites excluding steroid dienone is 1. The van der Waals surface area contributed by atoms with Gasteiger partial charge in [-0.25, -0.2) is 9.78 Å². The van der Waals surface area contributed by atoms with Gasteiger partial charge in [-0.05, 0) is 36.1 Å². The number of hydrogen-bond acceptors (Lipinski definition) is 5. The molecule has 6 nitrogen and oxygen atoms in total. The molecule has 30 heavy (non-hydrogen) atoms. The quantitative estimate of drug-likeness (QED) is 0.478. The minimum absolute atomic E-state index is 0.211. The SMILES string of the molecule is COCCOC(=O)C1=C(C)Nc2nc3ccccc3n2[C@@H]1c1ccc(C(C)C)cc1. The first-order valence-corrected chi connectivity index (χ1v) is 10.2. The van der Waals surface area contributed by atoms with Crippen molar-refractivity contribution in [1.29, 1.82) is 0 Å². The average molecular weight is 405 g/mol. The Bertz CT molecular complexity index is 1100. The summed E-state index contributed by atoms with van der Waals surface area (Å²) in [5.74, 6) is 0.811. The molecule has 0 saturated carbocycles. The Balaban J connectivity index is 1.85. The molecule has 1 aliphatic rings. The zero-order valence-corrected chi connectivity index (χ0v) is 17.8. The number of carbonyl (C=O) groups is 1. The fourth-order valence-electron chi connectivity index (χ4n) is 3.90. The third-order valence-corrected chi connectivity index (χ3v) is 5.49. The van der Waals surface area contributed by atoms with E-state index in [-0.39, 0.29) is 18.6 Å². The van der Waals surface area contributed by atoms with Gasteiger partial charge >= 0.3 is 5.97 Å². The summed E-state index contributed by atoms with van der Waals surface area (Å²) in [6, 6.07) is 16.1. The van der Waals surface area contributed by atoms with E-state index in [4.69, 9.17) is 14.5 Å². The van der Waals surface area contributed by atoms with Gasteiger partial charge < -0.3 is 14.8 Å². The first-order chi connectivity index (χ1) is 14.5. The van der Waals surface area contributed by atoms with Gasteiger partial charge in [0.25, 0.3) is 0 Å². The lowest BCUT2D eigenvalue weighted by molar-refractivity contribution is -0.140. The molecule has 0 bridgehead atoms. The van der Waals surface area contributed by atoms with Crippen LogP contribution in [0.3, 0.4) is 0 Å². The van der Waals surface area contributed by atoms with Crippen LogP contribution in [0.2, 0.25) is 0 Å². The number of nitrogens with one attached hydrogen (secondary N) is 1. The van der Waals surface area contributed by atoms with Crippen molar-refractivity contribution in [3.8, 4) is 0 Å². The molecule has 2 heterocycles. The highest BCUT2D eigenvalue weighted by atomic mass is 16.6. The monoisotopic (exact) mass is 405 g/mol. The second-order valence-corrected chi connectivity index (χ2v) is 7.81. The molecule has 1 N–H and O–H groups in total. The van der Waals surface area contributed by atoms with E-state index in [2.05, 4.69) is 48.0 Å². The predicted octanol–water partition coefficient (Wildman–Crippen LogP) is 4.64. The van der Waals surface area contributed by atoms with E-state index in [1.165, 1.54) is 5.56 Å². The molecule has 0 amide bonds. The van der Waals surface area contributed by atoms with E-state index in [1.54, 1.807) is 7.11 Å². The largest absolute Gasteiger partial charge is 0.460 e. The van der Waals surface area contributed by atoms with Gasteiger partial charge in [0.2, 0.25) is 5.95 Å². The number of esters is 1. The lowest BCUT2D eigenvalue weighted by Crippen LogP contribution is -2.29. The van der Waals surface area contributed by atoms with Crippen LogP contribution in [-0.2, 0) is 14.3 Å². The zero-order chi connectivity index (χ0) is 21.3. The predicted molar refractivity (Wildman–Crippen MR) is 118 cm³/mol. The van der Waals surface area contributed by atoms with Crippen LogP contribution in [0.25, 0.3) is 11.0 Å². The second kappa shape index (κ2) is 8.32. The summed E-state index contributed by atoms with van der Waals surface area (Å²) < 4.78 is 12.6. The standard InChI is InChI=1S/C24H27N3O3/c1-15(2)17-9-11-18(12-10-17)22-21(23(28)30-14-13-29-4)16(3)25-24-26-19-7-5-6-8-20(19)27(22)24/h5-12,15,22H,13-14H2,1-4H3,(H,25,26)/t22-/m1/s1. The van der Waals surface area contributed by atoms with Crippen LogP contribution < -0.4 is 5.32 Å². The van der Waals surface area contributed by atoms with E-state index in [9.17, 15) is 4.79 Å². The zero-order valence-electron chi connectivity index (χ0n) is 17.8. The summed E-state index contributed by atoms with van der Waals surface area (Å²) >= 11 is 0. The molecule has 1 atom stereocenters. The van der Waals surface area contributed by atoms with E-state index in [0.29, 0.717) is 18.1 Å². The Morgan fingerprint density at radius 3 is 2.57 bits per heavy atom. The summed E-state index contributed by atoms with van der Waals surface area (Å²) in [4.78, 5) is 17.8. The lowest BCUT2D eigenvalue weighted by atomic mass is 9.93. The maximum Gasteiger partial charge on any atom is 0.338 e. The van der Waals surface area contributed by atoms with Crippen LogP contribution in [0, 0.1) is 0 Å². The smallest absolute Gasteiger partial charge is 0.338 e. The highest BCUT2D eigenvalue weighted by Crippen LogP contribution is 2.39. The Labute approximate surface area is 176 Å². The molecule has 156 valence electrons. The maximum absolute atomic E-state index is 13.1. The Hall–Kier alpha value is -3.12. The van der Waals surface area contributed by atoms with Gasteiger partial charge in [-0.1, -0.05) is 50.2 Å². The molecule has 3 aromatic rings. The van der Waals surface area contributed by atoms with Crippen LogP contribution in [-0.4, -0.2) is 35.8 Å². The van der Waals surface area contributed by atoms with Crippen LogP contribution in [0.1, 0.15) is 43.9 Å². The highest BCUT2D eigenvalue weighted by Gasteiger charge is 2.34. The molecule has 0 fully saturated rings. The number of ether oxygens (including phenoxy) is 2. The van der Waals surface area contributed by atoms with E-state index < -0.39 is 0 Å². The number of para-hydroxylation sites is 2. The molecule has 2 aromatic carbocycles. The maximum atomic E-state index is 13.1. The molecular formula is C24H27N3O3. The van der Waals surface area contributed by atoms with Crippen LogP contribution >= 0.6 is 0 Å². The number of anilines is 1. The fraction of sp³-hybridized carbons (Fsp3) is 0.333.